The molecule has 1 heteroatoms. The minimum absolute atomic E-state index is 0.0483. The molecule has 0 radical (unpaired) electrons. The molecule has 10 rings (SSSR count). The predicted molar refractivity (Wildman–Crippen MR) is 226 cm³/mol. The Balaban J connectivity index is 0.912. The zero-order valence-electron chi connectivity index (χ0n) is 30.1. The van der Waals surface area contributed by atoms with Gasteiger partial charge in [0.05, 0.1) is 11.0 Å². The van der Waals surface area contributed by atoms with E-state index in [0.717, 1.165) is 6.42 Å². The van der Waals surface area contributed by atoms with Crippen molar-refractivity contribution in [3.05, 3.63) is 204 Å². The molecular weight excluding hydrogens is 639 g/mol. The van der Waals surface area contributed by atoms with Crippen molar-refractivity contribution >= 4 is 38.7 Å². The summed E-state index contributed by atoms with van der Waals surface area (Å²) < 4.78 is 2.37. The summed E-state index contributed by atoms with van der Waals surface area (Å²) in [4.78, 5) is 0. The van der Waals surface area contributed by atoms with Crippen LogP contribution < -0.4 is 0 Å². The highest BCUT2D eigenvalue weighted by atomic mass is 15.0. The van der Waals surface area contributed by atoms with E-state index < -0.39 is 0 Å². The van der Waals surface area contributed by atoms with Crippen molar-refractivity contribution in [3.63, 3.8) is 0 Å². The summed E-state index contributed by atoms with van der Waals surface area (Å²) in [7, 11) is 0. The van der Waals surface area contributed by atoms with Crippen molar-refractivity contribution in [1.82, 2.24) is 4.57 Å². The van der Waals surface area contributed by atoms with E-state index >= 15 is 0 Å². The summed E-state index contributed by atoms with van der Waals surface area (Å²) >= 11 is 0. The molecular formula is C52H39N. The average Bonchev–Trinajstić information content (AvgIpc) is 3.65. The molecule has 0 atom stereocenters. The third-order valence-corrected chi connectivity index (χ3v) is 11.4. The van der Waals surface area contributed by atoms with Crippen LogP contribution in [0.2, 0.25) is 0 Å². The fraction of sp³-hybridized carbons (Fsp3) is 0.0769. The molecule has 0 unspecified atom stereocenters. The van der Waals surface area contributed by atoms with E-state index in [1.807, 2.05) is 0 Å². The van der Waals surface area contributed by atoms with Gasteiger partial charge in [-0.05, 0) is 121 Å². The molecule has 8 aromatic carbocycles. The van der Waals surface area contributed by atoms with Crippen LogP contribution in [0.4, 0.5) is 0 Å². The Kier molecular flexibility index (Phi) is 7.30. The van der Waals surface area contributed by atoms with Crippen molar-refractivity contribution in [2.45, 2.75) is 25.7 Å². The monoisotopic (exact) mass is 677 g/mol. The molecule has 0 fully saturated rings. The summed E-state index contributed by atoms with van der Waals surface area (Å²) in [5.74, 6) is 0. The Hall–Kier alpha value is -6.44. The normalized spacial score (nSPS) is 13.2. The molecule has 0 saturated carbocycles. The molecule has 1 aromatic heterocycles. The third-order valence-electron chi connectivity index (χ3n) is 11.4. The molecule has 1 heterocycles. The second-order valence-corrected chi connectivity index (χ2v) is 14.9. The maximum absolute atomic E-state index is 2.41. The van der Waals surface area contributed by atoms with Crippen LogP contribution >= 0.6 is 0 Å². The Bertz CT molecular complexity index is 2870. The number of rotatable bonds is 6. The smallest absolute Gasteiger partial charge is 0.0541 e. The van der Waals surface area contributed by atoms with Crippen molar-refractivity contribution in [1.29, 1.82) is 0 Å². The van der Waals surface area contributed by atoms with E-state index in [9.17, 15) is 0 Å². The molecule has 252 valence electrons. The van der Waals surface area contributed by atoms with Crippen LogP contribution in [0.5, 0.6) is 0 Å². The minimum Gasteiger partial charge on any atom is -0.309 e. The standard InChI is InChI=1S/C52H39N/c1-52(2)47-23-12-22-43(51(47)46-33-38-16-6-7-17-39(38)34-48(46)52)41-18-11-15-36(31-41)14-10-13-35-25-27-37(28-26-35)40-29-30-50-45(32-40)44-21-8-9-24-49(44)53(50)42-19-4-3-5-20-42/h3-12,14-34H,13H2,1-2H3/b14-10+. The maximum atomic E-state index is 2.41. The van der Waals surface area contributed by atoms with Crippen LogP contribution in [0, 0.1) is 0 Å². The van der Waals surface area contributed by atoms with Gasteiger partial charge in [0.15, 0.2) is 0 Å². The third kappa shape index (κ3) is 5.23. The van der Waals surface area contributed by atoms with Gasteiger partial charge < -0.3 is 4.57 Å². The van der Waals surface area contributed by atoms with E-state index in [0.29, 0.717) is 0 Å². The number of aromatic nitrogens is 1. The van der Waals surface area contributed by atoms with Gasteiger partial charge in [-0.25, -0.2) is 0 Å². The van der Waals surface area contributed by atoms with Gasteiger partial charge in [-0.1, -0.05) is 153 Å². The number of para-hydroxylation sites is 2. The molecule has 0 amide bonds. The molecule has 1 nitrogen and oxygen atoms in total. The van der Waals surface area contributed by atoms with Crippen LogP contribution in [0.3, 0.4) is 0 Å². The first-order chi connectivity index (χ1) is 26.0. The SMILES string of the molecule is CC1(C)c2cc3ccccc3cc2-c2c(-c3cccc(/C=C/Cc4ccc(-c5ccc6c(c5)c5ccccc5n6-c5ccccc5)cc4)c3)cccc21. The highest BCUT2D eigenvalue weighted by Gasteiger charge is 2.37. The van der Waals surface area contributed by atoms with E-state index in [-0.39, 0.29) is 5.41 Å². The molecule has 0 saturated heterocycles. The van der Waals surface area contributed by atoms with Gasteiger partial charge in [-0.2, -0.15) is 0 Å². The van der Waals surface area contributed by atoms with E-state index in [1.54, 1.807) is 0 Å². The Morgan fingerprint density at radius 2 is 1.21 bits per heavy atom. The summed E-state index contributed by atoms with van der Waals surface area (Å²) in [5.41, 5.74) is 16.7. The lowest BCUT2D eigenvalue weighted by Crippen LogP contribution is -2.14. The Morgan fingerprint density at radius 1 is 0.491 bits per heavy atom. The number of hydrogen-bond acceptors (Lipinski definition) is 0. The van der Waals surface area contributed by atoms with Gasteiger partial charge in [0.2, 0.25) is 0 Å². The maximum Gasteiger partial charge on any atom is 0.0541 e. The fourth-order valence-electron chi connectivity index (χ4n) is 8.70. The zero-order chi connectivity index (χ0) is 35.5. The Morgan fingerprint density at radius 3 is 2.06 bits per heavy atom. The van der Waals surface area contributed by atoms with E-state index in [4.69, 9.17) is 0 Å². The second kappa shape index (κ2) is 12.4. The largest absolute Gasteiger partial charge is 0.309 e. The first-order valence-corrected chi connectivity index (χ1v) is 18.6. The van der Waals surface area contributed by atoms with Crippen LogP contribution in [-0.4, -0.2) is 4.57 Å². The van der Waals surface area contributed by atoms with Gasteiger partial charge in [-0.15, -0.1) is 0 Å². The first kappa shape index (κ1) is 31.3. The number of hydrogen-bond donors (Lipinski definition) is 0. The predicted octanol–water partition coefficient (Wildman–Crippen LogP) is 13.8. The quantitative estimate of drug-likeness (QED) is 0.165. The van der Waals surface area contributed by atoms with Gasteiger partial charge >= 0.3 is 0 Å². The number of nitrogens with zero attached hydrogens (tertiary/aromatic N) is 1. The molecule has 1 aliphatic carbocycles. The molecule has 0 aliphatic heterocycles. The van der Waals surface area contributed by atoms with Gasteiger partial charge in [0.25, 0.3) is 0 Å². The number of fused-ring (bicyclic) bond motifs is 7. The van der Waals surface area contributed by atoms with Crippen LogP contribution in [-0.2, 0) is 11.8 Å². The van der Waals surface area contributed by atoms with E-state index in [2.05, 4.69) is 206 Å². The minimum atomic E-state index is -0.0483. The van der Waals surface area contributed by atoms with Crippen LogP contribution in [0.15, 0.2) is 182 Å². The highest BCUT2D eigenvalue weighted by molar-refractivity contribution is 6.10. The lowest BCUT2D eigenvalue weighted by molar-refractivity contribution is 0.661. The van der Waals surface area contributed by atoms with Crippen LogP contribution in [0.25, 0.3) is 77.7 Å². The summed E-state index contributed by atoms with van der Waals surface area (Å²) in [6, 6.07) is 64.7. The Labute approximate surface area is 311 Å². The van der Waals surface area contributed by atoms with Gasteiger partial charge in [0.1, 0.15) is 0 Å². The lowest BCUT2D eigenvalue weighted by atomic mass is 9.81. The molecule has 0 spiro atoms. The number of benzene rings is 8. The highest BCUT2D eigenvalue weighted by Crippen LogP contribution is 2.53. The topological polar surface area (TPSA) is 4.93 Å². The van der Waals surface area contributed by atoms with E-state index in [1.165, 1.54) is 93.9 Å². The molecule has 53 heavy (non-hydrogen) atoms. The summed E-state index contributed by atoms with van der Waals surface area (Å²) in [5, 5.41) is 5.15. The van der Waals surface area contributed by atoms with Crippen molar-refractivity contribution in [3.8, 4) is 39.1 Å². The fourth-order valence-corrected chi connectivity index (χ4v) is 8.70. The van der Waals surface area contributed by atoms with Crippen LogP contribution in [0.1, 0.15) is 36.1 Å². The van der Waals surface area contributed by atoms with Gasteiger partial charge in [0, 0.05) is 21.9 Å². The first-order valence-electron chi connectivity index (χ1n) is 18.6. The summed E-state index contributed by atoms with van der Waals surface area (Å²) in [6.45, 7) is 4.73. The van der Waals surface area contributed by atoms with Crippen molar-refractivity contribution in [2.75, 3.05) is 0 Å². The lowest BCUT2D eigenvalue weighted by Gasteiger charge is -2.22. The average molecular weight is 678 g/mol. The zero-order valence-corrected chi connectivity index (χ0v) is 30.1. The number of allylic oxidation sites excluding steroid dienone is 1. The van der Waals surface area contributed by atoms with Gasteiger partial charge in [-0.3, -0.25) is 0 Å². The second-order valence-electron chi connectivity index (χ2n) is 14.9. The van der Waals surface area contributed by atoms with Crippen molar-refractivity contribution in [2.24, 2.45) is 0 Å². The van der Waals surface area contributed by atoms with Crippen molar-refractivity contribution < 1.29 is 0 Å². The summed E-state index contributed by atoms with van der Waals surface area (Å²) in [6.07, 6.45) is 5.43. The molecule has 1 aliphatic rings. The molecule has 9 aromatic rings. The molecule has 0 bridgehead atoms. The molecule has 0 N–H and O–H groups in total.